The molecule has 0 bridgehead atoms. The number of aliphatic hydroxyl groups is 1. The van der Waals surface area contributed by atoms with Crippen LogP contribution in [0.25, 0.3) is 0 Å². The Balaban J connectivity index is 1.78. The molecule has 1 saturated heterocycles. The van der Waals surface area contributed by atoms with Crippen molar-refractivity contribution >= 4 is 11.6 Å². The van der Waals surface area contributed by atoms with Crippen molar-refractivity contribution < 1.29 is 14.6 Å². The molecule has 2 rings (SSSR count). The lowest BCUT2D eigenvalue weighted by Crippen LogP contribution is -2.49. The summed E-state index contributed by atoms with van der Waals surface area (Å²) in [6, 6.07) is 7.46. The summed E-state index contributed by atoms with van der Waals surface area (Å²) in [5.74, 6) is 0.712. The summed E-state index contributed by atoms with van der Waals surface area (Å²) in [6.07, 6.45) is 0.0512. The Morgan fingerprint density at radius 1 is 1.42 bits per heavy atom. The van der Waals surface area contributed by atoms with Crippen LogP contribution in [0.4, 0.5) is 0 Å². The Hall–Kier alpha value is -0.810. The summed E-state index contributed by atoms with van der Waals surface area (Å²) in [6.45, 7) is 5.06. The van der Waals surface area contributed by atoms with Crippen molar-refractivity contribution in [3.63, 3.8) is 0 Å². The largest absolute Gasteiger partial charge is 0.491 e. The van der Waals surface area contributed by atoms with Gasteiger partial charge in [0.1, 0.15) is 12.4 Å². The first-order chi connectivity index (χ1) is 9.19. The topological polar surface area (TPSA) is 41.9 Å². The predicted octanol–water partition coefficient (Wildman–Crippen LogP) is 1.80. The minimum atomic E-state index is -0.0935. The van der Waals surface area contributed by atoms with E-state index in [0.29, 0.717) is 17.4 Å². The van der Waals surface area contributed by atoms with Gasteiger partial charge in [0.15, 0.2) is 0 Å². The molecule has 1 heterocycles. The van der Waals surface area contributed by atoms with Crippen molar-refractivity contribution in [1.82, 2.24) is 4.90 Å². The molecular weight excluding hydrogens is 266 g/mol. The molecule has 5 heteroatoms. The Labute approximate surface area is 118 Å². The molecule has 1 aliphatic heterocycles. The molecule has 1 aliphatic rings. The van der Waals surface area contributed by atoms with Crippen molar-refractivity contribution in [3.05, 3.63) is 29.3 Å². The van der Waals surface area contributed by atoms with E-state index in [1.807, 2.05) is 31.2 Å². The van der Waals surface area contributed by atoms with Crippen LogP contribution in [0.3, 0.4) is 0 Å². The number of ether oxygens (including phenoxy) is 2. The minimum Gasteiger partial charge on any atom is -0.491 e. The van der Waals surface area contributed by atoms with Crippen LogP contribution in [-0.2, 0) is 4.74 Å². The van der Waals surface area contributed by atoms with E-state index in [1.54, 1.807) is 0 Å². The van der Waals surface area contributed by atoms with Crippen molar-refractivity contribution in [2.24, 2.45) is 0 Å². The zero-order valence-corrected chi connectivity index (χ0v) is 11.8. The van der Waals surface area contributed by atoms with Crippen LogP contribution in [0.15, 0.2) is 24.3 Å². The lowest BCUT2D eigenvalue weighted by molar-refractivity contribution is -0.0965. The highest BCUT2D eigenvalue weighted by Crippen LogP contribution is 2.23. The van der Waals surface area contributed by atoms with Crippen LogP contribution in [0.1, 0.15) is 6.92 Å². The van der Waals surface area contributed by atoms with Crippen LogP contribution in [0, 0.1) is 0 Å². The minimum absolute atomic E-state index is 0.0617. The molecule has 4 nitrogen and oxygen atoms in total. The fourth-order valence-corrected chi connectivity index (χ4v) is 2.46. The molecule has 106 valence electrons. The second-order valence-electron chi connectivity index (χ2n) is 4.79. The lowest BCUT2D eigenvalue weighted by Gasteiger charge is -2.35. The van der Waals surface area contributed by atoms with Gasteiger partial charge in [-0.1, -0.05) is 23.7 Å². The molecule has 1 fully saturated rings. The van der Waals surface area contributed by atoms with Gasteiger partial charge in [0, 0.05) is 19.6 Å². The van der Waals surface area contributed by atoms with Gasteiger partial charge in [0.25, 0.3) is 0 Å². The van der Waals surface area contributed by atoms with E-state index in [2.05, 4.69) is 4.90 Å². The molecule has 0 radical (unpaired) electrons. The number of aliphatic hydroxyl groups excluding tert-OH is 1. The molecule has 2 atom stereocenters. The highest BCUT2D eigenvalue weighted by Gasteiger charge is 2.24. The molecule has 0 spiro atoms. The molecule has 1 N–H and O–H groups in total. The Bertz CT molecular complexity index is 402. The highest BCUT2D eigenvalue weighted by molar-refractivity contribution is 6.32. The lowest BCUT2D eigenvalue weighted by atomic mass is 10.2. The molecule has 1 aromatic rings. The zero-order valence-electron chi connectivity index (χ0n) is 11.1. The van der Waals surface area contributed by atoms with Crippen molar-refractivity contribution in [3.8, 4) is 5.75 Å². The summed E-state index contributed by atoms with van der Waals surface area (Å²) in [5.41, 5.74) is 0. The summed E-state index contributed by atoms with van der Waals surface area (Å²) in [7, 11) is 0. The van der Waals surface area contributed by atoms with E-state index in [4.69, 9.17) is 26.2 Å². The van der Waals surface area contributed by atoms with E-state index >= 15 is 0 Å². The third-order valence-electron chi connectivity index (χ3n) is 3.11. The van der Waals surface area contributed by atoms with E-state index in [1.165, 1.54) is 0 Å². The van der Waals surface area contributed by atoms with Crippen molar-refractivity contribution in [2.75, 3.05) is 32.8 Å². The van der Waals surface area contributed by atoms with E-state index in [9.17, 15) is 0 Å². The maximum atomic E-state index is 9.17. The third kappa shape index (κ3) is 4.35. The molecule has 0 aliphatic carbocycles. The predicted molar refractivity (Wildman–Crippen MR) is 74.8 cm³/mol. The fraction of sp³-hybridized carbons (Fsp3) is 0.571. The number of rotatable bonds is 5. The molecule has 0 saturated carbocycles. The van der Waals surface area contributed by atoms with Crippen LogP contribution in [0.5, 0.6) is 5.75 Å². The summed E-state index contributed by atoms with van der Waals surface area (Å²) in [4.78, 5) is 2.24. The first kappa shape index (κ1) is 14.6. The standard InChI is InChI=1S/C14H20ClNO3/c1-11-8-16(9-12(10-17)19-11)6-7-18-14-5-3-2-4-13(14)15/h2-5,11-12,17H,6-10H2,1H3. The first-order valence-corrected chi connectivity index (χ1v) is 6.93. The first-order valence-electron chi connectivity index (χ1n) is 6.55. The van der Waals surface area contributed by atoms with Gasteiger partial charge in [-0.3, -0.25) is 4.90 Å². The number of hydrogen-bond acceptors (Lipinski definition) is 4. The van der Waals surface area contributed by atoms with Gasteiger partial charge in [0.05, 0.1) is 23.8 Å². The number of morpholine rings is 1. The maximum Gasteiger partial charge on any atom is 0.137 e. The molecule has 0 aromatic heterocycles. The number of nitrogens with zero attached hydrogens (tertiary/aromatic N) is 1. The summed E-state index contributed by atoms with van der Waals surface area (Å²) in [5, 5.41) is 9.80. The van der Waals surface area contributed by atoms with E-state index in [-0.39, 0.29) is 18.8 Å². The quantitative estimate of drug-likeness (QED) is 0.896. The van der Waals surface area contributed by atoms with Gasteiger partial charge in [-0.25, -0.2) is 0 Å². The fourth-order valence-electron chi connectivity index (χ4n) is 2.27. The Morgan fingerprint density at radius 2 is 2.21 bits per heavy atom. The summed E-state index contributed by atoms with van der Waals surface area (Å²) >= 11 is 6.02. The Morgan fingerprint density at radius 3 is 2.95 bits per heavy atom. The molecule has 19 heavy (non-hydrogen) atoms. The number of benzene rings is 1. The summed E-state index contributed by atoms with van der Waals surface area (Å²) < 4.78 is 11.3. The van der Waals surface area contributed by atoms with Crippen LogP contribution < -0.4 is 4.74 Å². The van der Waals surface area contributed by atoms with Crippen LogP contribution in [-0.4, -0.2) is 55.1 Å². The van der Waals surface area contributed by atoms with Gasteiger partial charge < -0.3 is 14.6 Å². The number of para-hydroxylation sites is 1. The second-order valence-corrected chi connectivity index (χ2v) is 5.20. The SMILES string of the molecule is CC1CN(CCOc2ccccc2Cl)CC(CO)O1. The van der Waals surface area contributed by atoms with Crippen molar-refractivity contribution in [1.29, 1.82) is 0 Å². The Kier molecular flexibility index (Phi) is 5.45. The van der Waals surface area contributed by atoms with Gasteiger partial charge in [-0.2, -0.15) is 0 Å². The van der Waals surface area contributed by atoms with Gasteiger partial charge in [-0.15, -0.1) is 0 Å². The average Bonchev–Trinajstić information content (AvgIpc) is 2.40. The van der Waals surface area contributed by atoms with Crippen molar-refractivity contribution in [2.45, 2.75) is 19.1 Å². The van der Waals surface area contributed by atoms with Crippen LogP contribution >= 0.6 is 11.6 Å². The molecule has 1 aromatic carbocycles. The molecule has 0 amide bonds. The number of halogens is 1. The normalized spacial score (nSPS) is 24.4. The third-order valence-corrected chi connectivity index (χ3v) is 3.42. The molecule has 2 unspecified atom stereocenters. The van der Waals surface area contributed by atoms with E-state index < -0.39 is 0 Å². The zero-order chi connectivity index (χ0) is 13.7. The van der Waals surface area contributed by atoms with Gasteiger partial charge in [0.2, 0.25) is 0 Å². The average molecular weight is 286 g/mol. The smallest absolute Gasteiger partial charge is 0.137 e. The second kappa shape index (κ2) is 7.10. The highest BCUT2D eigenvalue weighted by atomic mass is 35.5. The number of hydrogen-bond donors (Lipinski definition) is 1. The van der Waals surface area contributed by atoms with Crippen LogP contribution in [0.2, 0.25) is 5.02 Å². The van der Waals surface area contributed by atoms with Gasteiger partial charge in [-0.05, 0) is 19.1 Å². The maximum absolute atomic E-state index is 9.17. The van der Waals surface area contributed by atoms with E-state index in [0.717, 1.165) is 19.6 Å². The molecular formula is C14H20ClNO3. The van der Waals surface area contributed by atoms with Gasteiger partial charge >= 0.3 is 0 Å². The monoisotopic (exact) mass is 285 g/mol.